The standard InChI is InChI=1S/C10H19N3O/c1-10(2,3)7-8(12-4)9(14)13-6-5-11/h8,12H,6-7H2,1-4H3,(H,13,14). The van der Waals surface area contributed by atoms with Crippen LogP contribution in [0, 0.1) is 16.7 Å². The number of hydrogen-bond donors (Lipinski definition) is 2. The molecule has 0 aliphatic carbocycles. The van der Waals surface area contributed by atoms with Gasteiger partial charge in [0.2, 0.25) is 5.91 Å². The molecular formula is C10H19N3O. The van der Waals surface area contributed by atoms with Crippen LogP contribution < -0.4 is 10.6 Å². The van der Waals surface area contributed by atoms with Gasteiger partial charge in [0.1, 0.15) is 6.54 Å². The molecule has 0 aromatic rings. The monoisotopic (exact) mass is 197 g/mol. The van der Waals surface area contributed by atoms with Crippen LogP contribution in [0.3, 0.4) is 0 Å². The summed E-state index contributed by atoms with van der Waals surface area (Å²) < 4.78 is 0. The highest BCUT2D eigenvalue weighted by Crippen LogP contribution is 2.20. The third-order valence-electron chi connectivity index (χ3n) is 1.82. The maximum Gasteiger partial charge on any atom is 0.237 e. The summed E-state index contributed by atoms with van der Waals surface area (Å²) in [5.74, 6) is -0.107. The molecule has 1 atom stereocenters. The molecule has 0 radical (unpaired) electrons. The van der Waals surface area contributed by atoms with Gasteiger partial charge in [0, 0.05) is 0 Å². The first-order valence-electron chi connectivity index (χ1n) is 4.72. The number of carbonyl (C=O) groups excluding carboxylic acids is 1. The van der Waals surface area contributed by atoms with Crippen molar-refractivity contribution in [3.05, 3.63) is 0 Å². The highest BCUT2D eigenvalue weighted by Gasteiger charge is 2.22. The lowest BCUT2D eigenvalue weighted by atomic mass is 9.88. The molecule has 0 aliphatic heterocycles. The van der Waals surface area contributed by atoms with Gasteiger partial charge in [-0.2, -0.15) is 5.26 Å². The number of hydrogen-bond acceptors (Lipinski definition) is 3. The Labute approximate surface area is 85.7 Å². The van der Waals surface area contributed by atoms with Gasteiger partial charge >= 0.3 is 0 Å². The van der Waals surface area contributed by atoms with Gasteiger partial charge in [-0.25, -0.2) is 0 Å². The molecule has 0 fully saturated rings. The Kier molecular flexibility index (Phi) is 5.18. The summed E-state index contributed by atoms with van der Waals surface area (Å²) in [5.41, 5.74) is 0.0949. The maximum atomic E-state index is 11.5. The van der Waals surface area contributed by atoms with Crippen LogP contribution in [0.2, 0.25) is 0 Å². The van der Waals surface area contributed by atoms with Crippen molar-refractivity contribution in [2.24, 2.45) is 5.41 Å². The fourth-order valence-electron chi connectivity index (χ4n) is 1.19. The predicted octanol–water partition coefficient (Wildman–Crippen LogP) is 0.650. The summed E-state index contributed by atoms with van der Waals surface area (Å²) in [6, 6.07) is 1.66. The van der Waals surface area contributed by atoms with E-state index in [2.05, 4.69) is 31.4 Å². The maximum absolute atomic E-state index is 11.5. The molecule has 14 heavy (non-hydrogen) atoms. The fourth-order valence-corrected chi connectivity index (χ4v) is 1.19. The smallest absolute Gasteiger partial charge is 0.237 e. The van der Waals surface area contributed by atoms with E-state index in [1.54, 1.807) is 7.05 Å². The van der Waals surface area contributed by atoms with E-state index >= 15 is 0 Å². The Morgan fingerprint density at radius 2 is 2.07 bits per heavy atom. The van der Waals surface area contributed by atoms with Gasteiger partial charge in [-0.3, -0.25) is 4.79 Å². The van der Waals surface area contributed by atoms with Crippen LogP contribution in [0.5, 0.6) is 0 Å². The molecule has 1 amide bonds. The zero-order valence-electron chi connectivity index (χ0n) is 9.35. The molecule has 0 rings (SSSR count). The summed E-state index contributed by atoms with van der Waals surface area (Å²) in [6.45, 7) is 6.31. The molecule has 80 valence electrons. The second kappa shape index (κ2) is 5.61. The normalized spacial score (nSPS) is 13.1. The van der Waals surface area contributed by atoms with Crippen LogP contribution in [-0.2, 0) is 4.79 Å². The molecule has 0 aromatic heterocycles. The van der Waals surface area contributed by atoms with Gasteiger partial charge in [-0.1, -0.05) is 20.8 Å². The van der Waals surface area contributed by atoms with Crippen molar-refractivity contribution in [3.8, 4) is 6.07 Å². The van der Waals surface area contributed by atoms with Crippen LogP contribution in [0.4, 0.5) is 0 Å². The van der Waals surface area contributed by atoms with E-state index in [9.17, 15) is 4.79 Å². The van der Waals surface area contributed by atoms with Gasteiger partial charge in [0.25, 0.3) is 0 Å². The Bertz CT molecular complexity index is 225. The molecule has 0 aliphatic rings. The number of likely N-dealkylation sites (N-methyl/N-ethyl adjacent to an activating group) is 1. The number of nitrogens with one attached hydrogen (secondary N) is 2. The molecule has 1 unspecified atom stereocenters. The van der Waals surface area contributed by atoms with Crippen molar-refractivity contribution in [2.45, 2.75) is 33.2 Å². The lowest BCUT2D eigenvalue weighted by molar-refractivity contribution is -0.123. The lowest BCUT2D eigenvalue weighted by Crippen LogP contribution is -2.44. The van der Waals surface area contributed by atoms with Crippen molar-refractivity contribution in [2.75, 3.05) is 13.6 Å². The quantitative estimate of drug-likeness (QED) is 0.650. The Hall–Kier alpha value is -1.08. The van der Waals surface area contributed by atoms with Crippen LogP contribution in [0.15, 0.2) is 0 Å². The first-order chi connectivity index (χ1) is 6.40. The Morgan fingerprint density at radius 1 is 1.50 bits per heavy atom. The Balaban J connectivity index is 4.14. The highest BCUT2D eigenvalue weighted by molar-refractivity contribution is 5.81. The minimum atomic E-state index is -0.219. The number of nitrogens with zero attached hydrogens (tertiary/aromatic N) is 1. The summed E-state index contributed by atoms with van der Waals surface area (Å²) in [7, 11) is 1.75. The molecule has 0 saturated heterocycles. The van der Waals surface area contributed by atoms with E-state index in [0.29, 0.717) is 0 Å². The van der Waals surface area contributed by atoms with Crippen LogP contribution in [0.25, 0.3) is 0 Å². The molecule has 0 heterocycles. The number of nitriles is 1. The second-order valence-corrected chi connectivity index (χ2v) is 4.48. The topological polar surface area (TPSA) is 64.9 Å². The zero-order valence-corrected chi connectivity index (χ0v) is 9.35. The largest absolute Gasteiger partial charge is 0.342 e. The molecule has 0 bridgehead atoms. The molecule has 0 saturated carbocycles. The van der Waals surface area contributed by atoms with E-state index in [-0.39, 0.29) is 23.9 Å². The SMILES string of the molecule is CNC(CC(C)(C)C)C(=O)NCC#N. The highest BCUT2D eigenvalue weighted by atomic mass is 16.2. The van der Waals surface area contributed by atoms with Crippen molar-refractivity contribution in [1.82, 2.24) is 10.6 Å². The van der Waals surface area contributed by atoms with Gasteiger partial charge in [0.05, 0.1) is 12.1 Å². The van der Waals surface area contributed by atoms with Crippen molar-refractivity contribution < 1.29 is 4.79 Å². The van der Waals surface area contributed by atoms with E-state index in [4.69, 9.17) is 5.26 Å². The Morgan fingerprint density at radius 3 is 2.43 bits per heavy atom. The summed E-state index contributed by atoms with van der Waals surface area (Å²) in [5, 5.41) is 13.8. The number of amides is 1. The van der Waals surface area contributed by atoms with E-state index in [0.717, 1.165) is 6.42 Å². The van der Waals surface area contributed by atoms with Crippen molar-refractivity contribution in [1.29, 1.82) is 5.26 Å². The van der Waals surface area contributed by atoms with Gasteiger partial charge < -0.3 is 10.6 Å². The average molecular weight is 197 g/mol. The third-order valence-corrected chi connectivity index (χ3v) is 1.82. The minimum Gasteiger partial charge on any atom is -0.342 e. The fraction of sp³-hybridized carbons (Fsp3) is 0.800. The molecule has 0 spiro atoms. The molecule has 4 nitrogen and oxygen atoms in total. The summed E-state index contributed by atoms with van der Waals surface area (Å²) in [4.78, 5) is 11.5. The summed E-state index contributed by atoms with van der Waals surface area (Å²) >= 11 is 0. The van der Waals surface area contributed by atoms with Crippen LogP contribution in [-0.4, -0.2) is 25.5 Å². The second-order valence-electron chi connectivity index (χ2n) is 4.48. The number of rotatable bonds is 4. The lowest BCUT2D eigenvalue weighted by Gasteiger charge is -2.24. The van der Waals surface area contributed by atoms with Gasteiger partial charge in [0.15, 0.2) is 0 Å². The number of carbonyl (C=O) groups is 1. The van der Waals surface area contributed by atoms with Gasteiger partial charge in [-0.05, 0) is 18.9 Å². The molecular weight excluding hydrogens is 178 g/mol. The van der Waals surface area contributed by atoms with E-state index in [1.165, 1.54) is 0 Å². The molecule has 2 N–H and O–H groups in total. The van der Waals surface area contributed by atoms with Crippen LogP contribution in [0.1, 0.15) is 27.2 Å². The zero-order chi connectivity index (χ0) is 11.2. The minimum absolute atomic E-state index is 0.0706. The predicted molar refractivity (Wildman–Crippen MR) is 55.5 cm³/mol. The first-order valence-corrected chi connectivity index (χ1v) is 4.72. The average Bonchev–Trinajstić information content (AvgIpc) is 2.08. The molecule has 4 heteroatoms. The van der Waals surface area contributed by atoms with E-state index < -0.39 is 0 Å². The molecule has 0 aromatic carbocycles. The first kappa shape index (κ1) is 12.9. The van der Waals surface area contributed by atoms with E-state index in [1.807, 2.05) is 6.07 Å². The van der Waals surface area contributed by atoms with Gasteiger partial charge in [-0.15, -0.1) is 0 Å². The summed E-state index contributed by atoms with van der Waals surface area (Å²) in [6.07, 6.45) is 0.751. The third kappa shape index (κ3) is 5.55. The van der Waals surface area contributed by atoms with Crippen LogP contribution >= 0.6 is 0 Å². The van der Waals surface area contributed by atoms with Crippen molar-refractivity contribution >= 4 is 5.91 Å². The van der Waals surface area contributed by atoms with Crippen molar-refractivity contribution in [3.63, 3.8) is 0 Å².